The standard InChI is InChI=1S/C31H42F3N2O8P/c1-3-43-45(41,44-4-2)22-27(38)16-9-6-10-17-28(36-30(40)42-21-23-12-7-5-8-13-23)29(39)35-26(20-37)19-24-14-11-15-25(18-24)31(32,33)34/h5,7-8,11-15,18,26,28,37H,3-4,6,9-10,16-17,19-22H2,1-2H3,(H,35,39)(H,36,40)/t26-,28?/m0/s1. The van der Waals surface area contributed by atoms with Crippen LogP contribution in [0, 0.1) is 0 Å². The number of carbonyl (C=O) groups is 3. The maximum absolute atomic E-state index is 13.2. The van der Waals surface area contributed by atoms with E-state index in [1.54, 1.807) is 38.1 Å². The zero-order chi connectivity index (χ0) is 33.3. The van der Waals surface area contributed by atoms with E-state index in [1.807, 2.05) is 6.07 Å². The molecule has 45 heavy (non-hydrogen) atoms. The van der Waals surface area contributed by atoms with Crippen LogP contribution in [0.15, 0.2) is 54.6 Å². The highest BCUT2D eigenvalue weighted by molar-refractivity contribution is 7.54. The summed E-state index contributed by atoms with van der Waals surface area (Å²) in [5.74, 6) is -0.930. The predicted octanol–water partition coefficient (Wildman–Crippen LogP) is 5.81. The Hall–Kier alpha value is -3.25. The molecule has 1 unspecified atom stereocenters. The number of carbonyl (C=O) groups excluding carboxylic acids is 3. The summed E-state index contributed by atoms with van der Waals surface area (Å²) in [6.45, 7) is 3.01. The van der Waals surface area contributed by atoms with Gasteiger partial charge in [0, 0.05) is 6.42 Å². The minimum Gasteiger partial charge on any atom is -0.445 e. The lowest BCUT2D eigenvalue weighted by molar-refractivity contribution is -0.137. The quantitative estimate of drug-likeness (QED) is 0.120. The maximum Gasteiger partial charge on any atom is 0.416 e. The number of amides is 2. The normalized spacial score (nSPS) is 13.1. The van der Waals surface area contributed by atoms with Gasteiger partial charge < -0.3 is 29.5 Å². The van der Waals surface area contributed by atoms with Crippen LogP contribution in [0.2, 0.25) is 0 Å². The number of halogens is 3. The van der Waals surface area contributed by atoms with Gasteiger partial charge in [-0.25, -0.2) is 4.79 Å². The first-order valence-corrected chi connectivity index (χ1v) is 16.6. The zero-order valence-corrected chi connectivity index (χ0v) is 26.4. The number of alkyl halides is 3. The number of ether oxygens (including phenoxy) is 1. The van der Waals surface area contributed by atoms with E-state index in [1.165, 1.54) is 12.1 Å². The van der Waals surface area contributed by atoms with Crippen molar-refractivity contribution in [2.24, 2.45) is 0 Å². The van der Waals surface area contributed by atoms with Gasteiger partial charge in [0.1, 0.15) is 24.6 Å². The fourth-order valence-corrected chi connectivity index (χ4v) is 6.10. The average Bonchev–Trinajstić information content (AvgIpc) is 2.99. The summed E-state index contributed by atoms with van der Waals surface area (Å²) in [5, 5.41) is 15.0. The van der Waals surface area contributed by atoms with Crippen LogP contribution in [0.3, 0.4) is 0 Å². The third-order valence-electron chi connectivity index (χ3n) is 6.59. The van der Waals surface area contributed by atoms with Crippen molar-refractivity contribution in [1.29, 1.82) is 0 Å². The number of benzene rings is 2. The van der Waals surface area contributed by atoms with Crippen LogP contribution >= 0.6 is 7.60 Å². The topological polar surface area (TPSA) is 140 Å². The molecule has 2 atom stereocenters. The van der Waals surface area contributed by atoms with Gasteiger partial charge in [0.05, 0.1) is 31.4 Å². The number of nitrogens with one attached hydrogen (secondary N) is 2. The number of aliphatic hydroxyl groups is 1. The Kier molecular flexibility index (Phi) is 16.3. The second kappa shape index (κ2) is 19.3. The Morgan fingerprint density at radius 1 is 0.911 bits per heavy atom. The smallest absolute Gasteiger partial charge is 0.416 e. The number of unbranched alkanes of at least 4 members (excludes halogenated alkanes) is 2. The zero-order valence-electron chi connectivity index (χ0n) is 25.5. The first-order valence-electron chi connectivity index (χ1n) is 14.8. The van der Waals surface area contributed by atoms with Gasteiger partial charge in [-0.3, -0.25) is 14.2 Å². The van der Waals surface area contributed by atoms with E-state index >= 15 is 0 Å². The summed E-state index contributed by atoms with van der Waals surface area (Å²) in [6.07, 6.45) is -4.19. The minimum atomic E-state index is -4.54. The Labute approximate surface area is 261 Å². The third kappa shape index (κ3) is 14.6. The van der Waals surface area contributed by atoms with E-state index in [9.17, 15) is 37.2 Å². The molecule has 0 radical (unpaired) electrons. The molecular formula is C31H42F3N2O8P. The van der Waals surface area contributed by atoms with Crippen molar-refractivity contribution in [2.75, 3.05) is 26.0 Å². The van der Waals surface area contributed by atoms with Gasteiger partial charge in [-0.15, -0.1) is 0 Å². The highest BCUT2D eigenvalue weighted by atomic mass is 31.2. The number of hydrogen-bond acceptors (Lipinski definition) is 8. The summed E-state index contributed by atoms with van der Waals surface area (Å²) in [5.41, 5.74) is 0.151. The first-order chi connectivity index (χ1) is 21.4. The van der Waals surface area contributed by atoms with E-state index in [2.05, 4.69) is 10.6 Å². The van der Waals surface area contributed by atoms with Crippen LogP contribution in [0.25, 0.3) is 0 Å². The lowest BCUT2D eigenvalue weighted by Crippen LogP contribution is -2.51. The molecule has 0 aliphatic carbocycles. The minimum absolute atomic E-state index is 0.0364. The summed E-state index contributed by atoms with van der Waals surface area (Å²) >= 11 is 0. The lowest BCUT2D eigenvalue weighted by atomic mass is 10.0. The van der Waals surface area contributed by atoms with Crippen LogP contribution in [-0.2, 0) is 47.1 Å². The van der Waals surface area contributed by atoms with Crippen LogP contribution in [0.5, 0.6) is 0 Å². The Balaban J connectivity index is 1.99. The van der Waals surface area contributed by atoms with Crippen molar-refractivity contribution < 1.29 is 51.0 Å². The van der Waals surface area contributed by atoms with Crippen molar-refractivity contribution in [2.45, 2.75) is 77.2 Å². The van der Waals surface area contributed by atoms with Gasteiger partial charge in [-0.1, -0.05) is 61.4 Å². The summed E-state index contributed by atoms with van der Waals surface area (Å²) in [6, 6.07) is 11.5. The molecule has 0 bridgehead atoms. The molecule has 250 valence electrons. The van der Waals surface area contributed by atoms with Crippen molar-refractivity contribution in [1.82, 2.24) is 10.6 Å². The predicted molar refractivity (Wildman–Crippen MR) is 162 cm³/mol. The number of rotatable bonds is 20. The van der Waals surface area contributed by atoms with Crippen molar-refractivity contribution in [3.8, 4) is 0 Å². The molecule has 10 nitrogen and oxygen atoms in total. The van der Waals surface area contributed by atoms with Crippen LogP contribution < -0.4 is 10.6 Å². The molecule has 0 heterocycles. The van der Waals surface area contributed by atoms with E-state index in [-0.39, 0.29) is 56.6 Å². The van der Waals surface area contributed by atoms with E-state index in [0.717, 1.165) is 17.7 Å². The molecule has 0 aromatic heterocycles. The molecule has 0 fully saturated rings. The molecule has 0 spiro atoms. The molecule has 2 rings (SSSR count). The molecule has 0 saturated carbocycles. The third-order valence-corrected chi connectivity index (χ3v) is 8.64. The Bertz CT molecular complexity index is 1250. The Morgan fingerprint density at radius 2 is 1.58 bits per heavy atom. The highest BCUT2D eigenvalue weighted by Gasteiger charge is 2.31. The second-order valence-corrected chi connectivity index (χ2v) is 12.3. The Morgan fingerprint density at radius 3 is 2.20 bits per heavy atom. The van der Waals surface area contributed by atoms with E-state index in [0.29, 0.717) is 19.3 Å². The van der Waals surface area contributed by atoms with Crippen LogP contribution in [-0.4, -0.2) is 61.0 Å². The molecular weight excluding hydrogens is 616 g/mol. The van der Waals surface area contributed by atoms with E-state index < -0.39 is 50.0 Å². The van der Waals surface area contributed by atoms with Gasteiger partial charge in [0.2, 0.25) is 5.91 Å². The van der Waals surface area contributed by atoms with Crippen molar-refractivity contribution >= 4 is 25.4 Å². The van der Waals surface area contributed by atoms with Crippen molar-refractivity contribution in [3.63, 3.8) is 0 Å². The van der Waals surface area contributed by atoms with Crippen LogP contribution in [0.1, 0.15) is 62.6 Å². The van der Waals surface area contributed by atoms with Gasteiger partial charge in [-0.05, 0) is 50.3 Å². The van der Waals surface area contributed by atoms with Gasteiger partial charge in [-0.2, -0.15) is 13.2 Å². The molecule has 14 heteroatoms. The number of aliphatic hydroxyl groups excluding tert-OH is 1. The first kappa shape index (κ1) is 37.9. The van der Waals surface area contributed by atoms with Gasteiger partial charge >= 0.3 is 19.9 Å². The number of alkyl carbamates (subject to hydrolysis) is 1. The molecule has 0 saturated heterocycles. The summed E-state index contributed by atoms with van der Waals surface area (Å²) < 4.78 is 67.5. The monoisotopic (exact) mass is 658 g/mol. The van der Waals surface area contributed by atoms with Crippen molar-refractivity contribution in [3.05, 3.63) is 71.3 Å². The van der Waals surface area contributed by atoms with Gasteiger partial charge in [0.15, 0.2) is 0 Å². The largest absolute Gasteiger partial charge is 0.445 e. The fourth-order valence-electron chi connectivity index (χ4n) is 4.46. The molecule has 2 aromatic rings. The molecule has 0 aliphatic heterocycles. The molecule has 2 aromatic carbocycles. The number of ketones is 1. The molecule has 3 N–H and O–H groups in total. The summed E-state index contributed by atoms with van der Waals surface area (Å²) in [7, 11) is -3.50. The maximum atomic E-state index is 13.2. The highest BCUT2D eigenvalue weighted by Crippen LogP contribution is 2.48. The molecule has 2 amide bonds. The molecule has 0 aliphatic rings. The number of Topliss-reactive ketones (excluding diaryl/α,β-unsaturated/α-hetero) is 1. The second-order valence-electron chi connectivity index (χ2n) is 10.3. The fraction of sp³-hybridized carbons (Fsp3) is 0.516. The van der Waals surface area contributed by atoms with Gasteiger partial charge in [0.25, 0.3) is 0 Å². The average molecular weight is 659 g/mol. The lowest BCUT2D eigenvalue weighted by Gasteiger charge is -2.23. The number of hydrogen-bond donors (Lipinski definition) is 3. The van der Waals surface area contributed by atoms with Crippen LogP contribution in [0.4, 0.5) is 18.0 Å². The summed E-state index contributed by atoms with van der Waals surface area (Å²) in [4.78, 5) is 38.1. The SMILES string of the molecule is CCOP(=O)(CC(=O)CCCCCC(NC(=O)OCc1ccccc1)C(=O)N[C@H](CO)Cc1cccc(C(F)(F)F)c1)OCC. The van der Waals surface area contributed by atoms with E-state index in [4.69, 9.17) is 13.8 Å².